The van der Waals surface area contributed by atoms with E-state index in [0.29, 0.717) is 23.4 Å². The van der Waals surface area contributed by atoms with Crippen molar-refractivity contribution in [2.45, 2.75) is 19.5 Å². The van der Waals surface area contributed by atoms with Crippen LogP contribution in [-0.4, -0.2) is 6.41 Å². The van der Waals surface area contributed by atoms with Crippen molar-refractivity contribution in [2.24, 2.45) is 0 Å². The summed E-state index contributed by atoms with van der Waals surface area (Å²) in [5.41, 5.74) is 1.04. The fraction of sp³-hybridized carbons (Fsp3) is 0.188. The average molecular weight is 291 g/mol. The lowest BCUT2D eigenvalue weighted by atomic mass is 10.0. The van der Waals surface area contributed by atoms with E-state index in [-0.39, 0.29) is 12.2 Å². The molecular formula is C16H15F2NO2. The van der Waals surface area contributed by atoms with Crippen molar-refractivity contribution in [3.63, 3.8) is 0 Å². The van der Waals surface area contributed by atoms with Crippen LogP contribution in [0.4, 0.5) is 14.5 Å². The first-order valence-electron chi connectivity index (χ1n) is 6.40. The van der Waals surface area contributed by atoms with Gasteiger partial charge in [-0.15, -0.1) is 0 Å². The topological polar surface area (TPSA) is 38.3 Å². The van der Waals surface area contributed by atoms with Crippen molar-refractivity contribution in [3.05, 3.63) is 59.7 Å². The third-order valence-corrected chi connectivity index (χ3v) is 2.96. The van der Waals surface area contributed by atoms with Crippen LogP contribution in [0.3, 0.4) is 0 Å². The maximum Gasteiger partial charge on any atom is 0.270 e. The molecule has 1 amide bonds. The molecule has 0 aliphatic rings. The molecule has 0 aromatic heterocycles. The predicted molar refractivity (Wildman–Crippen MR) is 76.5 cm³/mol. The Bertz CT molecular complexity index is 606. The van der Waals surface area contributed by atoms with Crippen molar-refractivity contribution >= 4 is 12.1 Å². The molecule has 3 nitrogen and oxygen atoms in total. The Labute approximate surface area is 121 Å². The Morgan fingerprint density at radius 3 is 2.43 bits per heavy atom. The second-order valence-corrected chi connectivity index (χ2v) is 4.62. The van der Waals surface area contributed by atoms with Gasteiger partial charge < -0.3 is 10.1 Å². The molecule has 0 aliphatic carbocycles. The molecule has 0 atom stereocenters. The number of halogens is 2. The van der Waals surface area contributed by atoms with Gasteiger partial charge in [0, 0.05) is 18.2 Å². The second-order valence-electron chi connectivity index (χ2n) is 4.62. The van der Waals surface area contributed by atoms with Crippen molar-refractivity contribution < 1.29 is 18.3 Å². The highest BCUT2D eigenvalue weighted by molar-refractivity contribution is 5.71. The first kappa shape index (κ1) is 15.0. The van der Waals surface area contributed by atoms with Crippen LogP contribution in [0.5, 0.6) is 5.75 Å². The molecule has 0 heterocycles. The monoisotopic (exact) mass is 291 g/mol. The number of hydrogen-bond acceptors (Lipinski definition) is 2. The molecule has 0 saturated carbocycles. The van der Waals surface area contributed by atoms with Crippen LogP contribution in [0.1, 0.15) is 18.1 Å². The molecule has 2 aromatic carbocycles. The number of ether oxygens (including phenoxy) is 1. The quantitative estimate of drug-likeness (QED) is 0.818. The maximum atomic E-state index is 13.5. The van der Waals surface area contributed by atoms with Gasteiger partial charge in [-0.2, -0.15) is 0 Å². The normalized spacial score (nSPS) is 11.0. The van der Waals surface area contributed by atoms with E-state index in [2.05, 4.69) is 5.32 Å². The highest BCUT2D eigenvalue weighted by Gasteiger charge is 2.27. The minimum Gasteiger partial charge on any atom is -0.489 e. The number of amides is 1. The highest BCUT2D eigenvalue weighted by Crippen LogP contribution is 2.30. The fourth-order valence-corrected chi connectivity index (χ4v) is 1.95. The number of rotatable bonds is 6. The standard InChI is InChI=1S/C16H15F2NO2/c1-16(17,18)15-5-3-2-4-12(15)10-21-14-8-6-13(7-9-14)19-11-20/h2-9,11H,10H2,1H3,(H,19,20). The van der Waals surface area contributed by atoms with Crippen molar-refractivity contribution in [3.8, 4) is 5.75 Å². The van der Waals surface area contributed by atoms with Gasteiger partial charge in [0.15, 0.2) is 0 Å². The van der Waals surface area contributed by atoms with Gasteiger partial charge in [-0.25, -0.2) is 8.78 Å². The molecule has 21 heavy (non-hydrogen) atoms. The SMILES string of the molecule is CC(F)(F)c1ccccc1COc1ccc(NC=O)cc1. The fourth-order valence-electron chi connectivity index (χ4n) is 1.95. The van der Waals surface area contributed by atoms with Crippen molar-refractivity contribution in [1.82, 2.24) is 0 Å². The summed E-state index contributed by atoms with van der Waals surface area (Å²) in [5.74, 6) is -2.36. The third-order valence-electron chi connectivity index (χ3n) is 2.96. The number of hydrogen-bond donors (Lipinski definition) is 1. The van der Waals surface area contributed by atoms with E-state index in [1.165, 1.54) is 6.07 Å². The molecule has 2 rings (SSSR count). The number of carbonyl (C=O) groups excluding carboxylic acids is 1. The van der Waals surface area contributed by atoms with Crippen LogP contribution in [0.25, 0.3) is 0 Å². The average Bonchev–Trinajstić information content (AvgIpc) is 2.46. The van der Waals surface area contributed by atoms with Crippen molar-refractivity contribution in [2.75, 3.05) is 5.32 Å². The van der Waals surface area contributed by atoms with Crippen LogP contribution in [0.2, 0.25) is 0 Å². The molecule has 0 unspecified atom stereocenters. The number of anilines is 1. The minimum absolute atomic E-state index is 0.0377. The van der Waals surface area contributed by atoms with E-state index in [4.69, 9.17) is 4.74 Å². The Hall–Kier alpha value is -2.43. The molecule has 0 spiro atoms. The lowest BCUT2D eigenvalue weighted by Gasteiger charge is -2.16. The van der Waals surface area contributed by atoms with E-state index >= 15 is 0 Å². The summed E-state index contributed by atoms with van der Waals surface area (Å²) in [5, 5.41) is 2.50. The maximum absolute atomic E-state index is 13.5. The molecular weight excluding hydrogens is 276 g/mol. The van der Waals surface area contributed by atoms with Crippen LogP contribution in [0.15, 0.2) is 48.5 Å². The third kappa shape index (κ3) is 4.02. The molecule has 2 aromatic rings. The zero-order chi connectivity index (χ0) is 15.3. The van der Waals surface area contributed by atoms with Gasteiger partial charge in [0.2, 0.25) is 6.41 Å². The first-order valence-corrected chi connectivity index (χ1v) is 6.40. The predicted octanol–water partition coefficient (Wildman–Crippen LogP) is 3.95. The van der Waals surface area contributed by atoms with Gasteiger partial charge in [-0.05, 0) is 29.8 Å². The highest BCUT2D eigenvalue weighted by atomic mass is 19.3. The van der Waals surface area contributed by atoms with Crippen molar-refractivity contribution in [1.29, 1.82) is 0 Å². The van der Waals surface area contributed by atoms with Gasteiger partial charge in [-0.1, -0.05) is 24.3 Å². The first-order chi connectivity index (χ1) is 10.0. The molecule has 0 saturated heterocycles. The van der Waals surface area contributed by atoms with Crippen LogP contribution in [-0.2, 0) is 17.3 Å². The van der Waals surface area contributed by atoms with Crippen LogP contribution < -0.4 is 10.1 Å². The van der Waals surface area contributed by atoms with E-state index < -0.39 is 5.92 Å². The summed E-state index contributed by atoms with van der Waals surface area (Å²) in [6.45, 7) is 0.922. The summed E-state index contributed by atoms with van der Waals surface area (Å²) in [7, 11) is 0. The number of carbonyl (C=O) groups is 1. The Balaban J connectivity index is 2.08. The summed E-state index contributed by atoms with van der Waals surface area (Å²) < 4.78 is 32.5. The molecule has 0 bridgehead atoms. The largest absolute Gasteiger partial charge is 0.489 e. The lowest BCUT2D eigenvalue weighted by Crippen LogP contribution is -2.12. The van der Waals surface area contributed by atoms with Crippen LogP contribution >= 0.6 is 0 Å². The molecule has 5 heteroatoms. The van der Waals surface area contributed by atoms with E-state index in [1.54, 1.807) is 42.5 Å². The summed E-state index contributed by atoms with van der Waals surface area (Å²) in [4.78, 5) is 10.3. The van der Waals surface area contributed by atoms with Crippen LogP contribution in [0, 0.1) is 0 Å². The summed E-state index contributed by atoms with van der Waals surface area (Å²) in [6.07, 6.45) is 0.579. The summed E-state index contributed by atoms with van der Waals surface area (Å²) >= 11 is 0. The Morgan fingerprint density at radius 2 is 1.81 bits per heavy atom. The second kappa shape index (κ2) is 6.35. The number of nitrogens with one attached hydrogen (secondary N) is 1. The molecule has 0 fully saturated rings. The Morgan fingerprint density at radius 1 is 1.14 bits per heavy atom. The zero-order valence-corrected chi connectivity index (χ0v) is 11.5. The van der Waals surface area contributed by atoms with Gasteiger partial charge in [-0.3, -0.25) is 4.79 Å². The zero-order valence-electron chi connectivity index (χ0n) is 11.5. The smallest absolute Gasteiger partial charge is 0.270 e. The lowest BCUT2D eigenvalue weighted by molar-refractivity contribution is -0.105. The van der Waals surface area contributed by atoms with E-state index in [1.807, 2.05) is 0 Å². The molecule has 0 radical (unpaired) electrons. The van der Waals surface area contributed by atoms with E-state index in [9.17, 15) is 13.6 Å². The van der Waals surface area contributed by atoms with Gasteiger partial charge in [0.1, 0.15) is 12.4 Å². The molecule has 110 valence electrons. The number of benzene rings is 2. The van der Waals surface area contributed by atoms with Gasteiger partial charge in [0.05, 0.1) is 0 Å². The van der Waals surface area contributed by atoms with Gasteiger partial charge in [0.25, 0.3) is 5.92 Å². The molecule has 0 aliphatic heterocycles. The Kier molecular flexibility index (Phi) is 4.52. The molecule has 1 N–H and O–H groups in total. The van der Waals surface area contributed by atoms with Gasteiger partial charge >= 0.3 is 0 Å². The summed E-state index contributed by atoms with van der Waals surface area (Å²) in [6, 6.07) is 13.0. The van der Waals surface area contributed by atoms with E-state index in [0.717, 1.165) is 6.92 Å². The number of alkyl halides is 2. The minimum atomic E-state index is -2.91.